The second-order valence-electron chi connectivity index (χ2n) is 18.5. The molecule has 0 amide bonds. The lowest BCUT2D eigenvalue weighted by Crippen LogP contribution is -2.46. The van der Waals surface area contributed by atoms with Gasteiger partial charge in [-0.1, -0.05) is 71.7 Å². The van der Waals surface area contributed by atoms with Gasteiger partial charge in [0, 0.05) is 36.5 Å². The Balaban J connectivity index is 1.25. The van der Waals surface area contributed by atoms with Crippen molar-refractivity contribution < 1.29 is 23.0 Å². The van der Waals surface area contributed by atoms with Crippen molar-refractivity contribution in [1.29, 1.82) is 0 Å². The van der Waals surface area contributed by atoms with Crippen LogP contribution in [-0.2, 0) is 0 Å². The lowest BCUT2D eigenvalue weighted by Gasteiger charge is -2.41. The van der Waals surface area contributed by atoms with Crippen LogP contribution in [0.25, 0.3) is 32.9 Å². The number of aromatic nitrogens is 3. The Morgan fingerprint density at radius 1 is 0.964 bits per heavy atom. The Kier molecular flexibility index (Phi) is 9.45. The maximum Gasteiger partial charge on any atom is 0.319 e. The molecule has 7 nitrogen and oxygen atoms in total. The predicted molar refractivity (Wildman–Crippen MR) is 218 cm³/mol. The van der Waals surface area contributed by atoms with Crippen LogP contribution in [0.5, 0.6) is 6.01 Å². The zero-order chi connectivity index (χ0) is 39.3. The van der Waals surface area contributed by atoms with Crippen molar-refractivity contribution in [2.75, 3.05) is 31.1 Å². The molecule has 0 radical (unpaired) electrons. The van der Waals surface area contributed by atoms with E-state index < -0.39 is 37.5 Å². The smallest absolute Gasteiger partial charge is 0.319 e. The number of nitrogens with zero attached hydrogens (tertiary/aromatic N) is 5. The summed E-state index contributed by atoms with van der Waals surface area (Å²) in [6.07, 6.45) is 3.98. The van der Waals surface area contributed by atoms with Crippen molar-refractivity contribution in [3.05, 3.63) is 53.2 Å². The summed E-state index contributed by atoms with van der Waals surface area (Å²) < 4.78 is 55.0. The number of aliphatic hydroxyl groups is 1. The number of halogens is 3. The predicted octanol–water partition coefficient (Wildman–Crippen LogP) is 9.69. The summed E-state index contributed by atoms with van der Waals surface area (Å²) in [5.74, 6) is 3.61. The summed E-state index contributed by atoms with van der Waals surface area (Å²) in [7, 11) is -2.26. The molecule has 4 aliphatic heterocycles. The van der Waals surface area contributed by atoms with Gasteiger partial charge in [-0.15, -0.1) is 5.54 Å². The highest BCUT2D eigenvalue weighted by Gasteiger charge is 2.50. The second kappa shape index (κ2) is 14.0. The molecule has 0 spiro atoms. The zero-order valence-corrected chi connectivity index (χ0v) is 34.5. The van der Waals surface area contributed by atoms with Crippen molar-refractivity contribution in [2.45, 2.75) is 127 Å². The summed E-state index contributed by atoms with van der Waals surface area (Å²) in [4.78, 5) is 19.2. The molecule has 56 heavy (non-hydrogen) atoms. The fraction of sp³-hybridized carbons (Fsp3) is 0.578. The maximum atomic E-state index is 17.7. The Hall–Kier alpha value is -3.72. The van der Waals surface area contributed by atoms with E-state index in [2.05, 4.69) is 62.8 Å². The third-order valence-electron chi connectivity index (χ3n) is 14.6. The average Bonchev–Trinajstić information content (AvgIpc) is 3.81. The Labute approximate surface area is 329 Å². The first-order valence-corrected chi connectivity index (χ1v) is 23.2. The minimum absolute atomic E-state index is 0.00212. The first kappa shape index (κ1) is 37.8. The number of rotatable bonds is 7. The van der Waals surface area contributed by atoms with Crippen molar-refractivity contribution in [1.82, 2.24) is 19.9 Å². The molecule has 3 saturated heterocycles. The van der Waals surface area contributed by atoms with E-state index >= 15 is 8.78 Å². The van der Waals surface area contributed by atoms with Crippen LogP contribution >= 0.6 is 0 Å². The SMILES string of the molecule is CC(C)[Si](C#Cc1c(F)ccc2cccc(-c3nc4c5c(nc(OC[C@@]67CCCN6C[C@H](F)C7)nc5c3F)N3C[C@H]5CC[C@H](C5)[C@H]3C[C@H]4O)c12)(C(C)C)C(C)C. The topological polar surface area (TPSA) is 74.6 Å². The van der Waals surface area contributed by atoms with Gasteiger partial charge < -0.3 is 14.7 Å². The highest BCUT2D eigenvalue weighted by molar-refractivity contribution is 6.90. The fourth-order valence-electron chi connectivity index (χ4n) is 12.0. The number of fused-ring (bicyclic) bond motifs is 7. The molecule has 296 valence electrons. The number of aliphatic hydroxyl groups excluding tert-OH is 1. The summed E-state index contributed by atoms with van der Waals surface area (Å²) in [6.45, 7) is 15.5. The molecule has 1 aliphatic carbocycles. The van der Waals surface area contributed by atoms with Crippen LogP contribution in [0.1, 0.15) is 104 Å². The molecule has 1 saturated carbocycles. The summed E-state index contributed by atoms with van der Waals surface area (Å²) in [6, 6.07) is 8.67. The fourth-order valence-corrected chi connectivity index (χ4v) is 17.2. The van der Waals surface area contributed by atoms with E-state index in [1.807, 2.05) is 12.1 Å². The van der Waals surface area contributed by atoms with E-state index in [4.69, 9.17) is 19.7 Å². The van der Waals surface area contributed by atoms with E-state index in [0.29, 0.717) is 75.7 Å². The van der Waals surface area contributed by atoms with E-state index in [-0.39, 0.29) is 35.4 Å². The third-order valence-corrected chi connectivity index (χ3v) is 20.8. The Bertz CT molecular complexity index is 2250. The standard InChI is InChI=1S/C45H54F3N5O2Si/c1-25(2)56(26(3)4,27(5)6)18-15-32-34(47)14-13-29-9-7-10-33(37(29)32)40-39(48)42-38-41(49-40)36(54)20-35-30-12-11-28(19-30)22-53(35)43(38)51-44(50-42)55-24-45-16-8-17-52(45)23-31(46)21-45/h7,9-10,13-14,25-28,30-31,35-36,54H,8,11-12,16-17,19-24H2,1-6H3/t28-,30+,31+,35+,36+,45-/m0/s1. The molecule has 6 atom stereocenters. The number of pyridine rings is 1. The number of alkyl halides is 1. The van der Waals surface area contributed by atoms with Gasteiger partial charge in [0.15, 0.2) is 5.82 Å². The highest BCUT2D eigenvalue weighted by atomic mass is 28.3. The van der Waals surface area contributed by atoms with Gasteiger partial charge in [-0.05, 0) is 85.0 Å². The Morgan fingerprint density at radius 2 is 1.75 bits per heavy atom. The molecule has 4 fully saturated rings. The van der Waals surface area contributed by atoms with E-state index in [0.717, 1.165) is 50.6 Å². The van der Waals surface area contributed by atoms with Gasteiger partial charge in [-0.25, -0.2) is 18.2 Å². The van der Waals surface area contributed by atoms with Gasteiger partial charge in [-0.3, -0.25) is 4.90 Å². The van der Waals surface area contributed by atoms with Crippen LogP contribution in [0.15, 0.2) is 30.3 Å². The molecule has 6 heterocycles. The lowest BCUT2D eigenvalue weighted by atomic mass is 9.87. The number of piperidine rings is 1. The summed E-state index contributed by atoms with van der Waals surface area (Å²) in [5, 5.41) is 13.7. The molecule has 1 N–H and O–H groups in total. The molecule has 11 heteroatoms. The van der Waals surface area contributed by atoms with E-state index in [1.54, 1.807) is 12.1 Å². The monoisotopic (exact) mass is 781 g/mol. The number of anilines is 1. The molecule has 2 aromatic heterocycles. The van der Waals surface area contributed by atoms with Gasteiger partial charge in [0.05, 0.1) is 28.3 Å². The number of ether oxygens (including phenoxy) is 1. The van der Waals surface area contributed by atoms with Crippen molar-refractivity contribution in [3.8, 4) is 28.7 Å². The number of hydrogen-bond acceptors (Lipinski definition) is 7. The van der Waals surface area contributed by atoms with Crippen LogP contribution in [-0.4, -0.2) is 77.0 Å². The second-order valence-corrected chi connectivity index (χ2v) is 24.0. The molecule has 2 bridgehead atoms. The normalized spacial score (nSPS) is 27.3. The molecule has 9 rings (SSSR count). The Morgan fingerprint density at radius 3 is 2.52 bits per heavy atom. The molecular formula is C45H54F3N5O2Si. The summed E-state index contributed by atoms with van der Waals surface area (Å²) >= 11 is 0. The van der Waals surface area contributed by atoms with Crippen LogP contribution in [0.4, 0.5) is 19.0 Å². The molecule has 4 aromatic rings. The molecule has 0 unspecified atom stereocenters. The highest BCUT2D eigenvalue weighted by Crippen LogP contribution is 2.50. The van der Waals surface area contributed by atoms with Crippen molar-refractivity contribution in [3.63, 3.8) is 0 Å². The van der Waals surface area contributed by atoms with Gasteiger partial charge in [0.1, 0.15) is 43.7 Å². The van der Waals surface area contributed by atoms with Gasteiger partial charge >= 0.3 is 6.01 Å². The van der Waals surface area contributed by atoms with Gasteiger partial charge in [0.2, 0.25) is 0 Å². The first-order valence-electron chi connectivity index (χ1n) is 20.9. The average molecular weight is 782 g/mol. The maximum absolute atomic E-state index is 17.7. The van der Waals surface area contributed by atoms with Gasteiger partial charge in [0.25, 0.3) is 0 Å². The van der Waals surface area contributed by atoms with E-state index in [9.17, 15) is 9.50 Å². The van der Waals surface area contributed by atoms with Crippen LogP contribution in [0.3, 0.4) is 0 Å². The summed E-state index contributed by atoms with van der Waals surface area (Å²) in [5.41, 5.74) is 5.23. The minimum Gasteiger partial charge on any atom is -0.461 e. The van der Waals surface area contributed by atoms with Crippen molar-refractivity contribution in [2.24, 2.45) is 11.8 Å². The zero-order valence-electron chi connectivity index (χ0n) is 33.5. The molecule has 5 aliphatic rings. The largest absolute Gasteiger partial charge is 0.461 e. The molecule has 2 aromatic carbocycles. The first-order chi connectivity index (χ1) is 26.8. The van der Waals surface area contributed by atoms with Crippen LogP contribution in [0.2, 0.25) is 16.6 Å². The van der Waals surface area contributed by atoms with Crippen LogP contribution in [0, 0.1) is 34.9 Å². The third kappa shape index (κ3) is 5.86. The quantitative estimate of drug-likeness (QED) is 0.148. The van der Waals surface area contributed by atoms with Crippen molar-refractivity contribution >= 4 is 35.6 Å². The lowest BCUT2D eigenvalue weighted by molar-refractivity contribution is 0.107. The van der Waals surface area contributed by atoms with E-state index in [1.165, 1.54) is 6.07 Å². The number of benzene rings is 2. The molecular weight excluding hydrogens is 728 g/mol. The minimum atomic E-state index is -2.26. The number of hydrogen-bond donors (Lipinski definition) is 1. The van der Waals surface area contributed by atoms with Crippen LogP contribution < -0.4 is 9.64 Å². The van der Waals surface area contributed by atoms with Gasteiger partial charge in [-0.2, -0.15) is 9.97 Å².